The summed E-state index contributed by atoms with van der Waals surface area (Å²) in [4.78, 5) is 0. The van der Waals surface area contributed by atoms with E-state index in [1.807, 2.05) is 0 Å². The summed E-state index contributed by atoms with van der Waals surface area (Å²) in [5.74, 6) is 1.72. The van der Waals surface area contributed by atoms with Crippen molar-refractivity contribution in [3.05, 3.63) is 0 Å². The van der Waals surface area contributed by atoms with Gasteiger partial charge in [-0.3, -0.25) is 0 Å². The van der Waals surface area contributed by atoms with Crippen molar-refractivity contribution in [1.82, 2.24) is 10.6 Å². The molecule has 1 fully saturated rings. The van der Waals surface area contributed by atoms with Crippen LogP contribution in [0.3, 0.4) is 0 Å². The molecule has 1 aliphatic carbocycles. The van der Waals surface area contributed by atoms with Gasteiger partial charge in [0.1, 0.15) is 0 Å². The van der Waals surface area contributed by atoms with Crippen molar-refractivity contribution in [3.63, 3.8) is 0 Å². The number of thiocarbonyl (C=S) groups is 1. The number of hydrogen-bond donors (Lipinski definition) is 2. The van der Waals surface area contributed by atoms with E-state index in [0.29, 0.717) is 6.61 Å². The van der Waals surface area contributed by atoms with Crippen molar-refractivity contribution >= 4 is 17.3 Å². The van der Waals surface area contributed by atoms with Crippen LogP contribution in [0.2, 0.25) is 0 Å². The van der Waals surface area contributed by atoms with E-state index in [4.69, 9.17) is 17.0 Å². The molecule has 2 N–H and O–H groups in total. The Morgan fingerprint density at radius 1 is 1.25 bits per heavy atom. The molecule has 0 unspecified atom stereocenters. The molecule has 0 aromatic heterocycles. The molecule has 0 bridgehead atoms. The molecule has 0 aromatic carbocycles. The molecule has 1 saturated carbocycles. The van der Waals surface area contributed by atoms with Gasteiger partial charge >= 0.3 is 0 Å². The Balaban J connectivity index is 2.03. The number of ether oxygens (including phenoxy) is 1. The molecule has 0 radical (unpaired) electrons. The maximum absolute atomic E-state index is 5.18. The van der Waals surface area contributed by atoms with Crippen LogP contribution in [0.5, 0.6) is 0 Å². The molecule has 0 amide bonds. The predicted octanol–water partition coefficient (Wildman–Crippen LogP) is 1.92. The monoisotopic (exact) mass is 244 g/mol. The number of nitrogens with one attached hydrogen (secondary N) is 2. The highest BCUT2D eigenvalue weighted by Gasteiger charge is 2.17. The Labute approximate surface area is 104 Å². The van der Waals surface area contributed by atoms with Crippen molar-refractivity contribution < 1.29 is 4.74 Å². The van der Waals surface area contributed by atoms with Crippen LogP contribution < -0.4 is 10.6 Å². The minimum absolute atomic E-state index is 0.697. The molecule has 1 aliphatic rings. The third kappa shape index (κ3) is 5.66. The van der Waals surface area contributed by atoms with Crippen molar-refractivity contribution in [2.45, 2.75) is 32.6 Å². The SMILES string of the molecule is COCCNC(=S)NCC1CCC(C)CC1. The molecule has 0 atom stereocenters. The molecule has 94 valence electrons. The first-order chi connectivity index (χ1) is 7.72. The number of rotatable bonds is 5. The maximum atomic E-state index is 5.18. The minimum atomic E-state index is 0.697. The second-order valence-corrected chi connectivity index (χ2v) is 5.16. The summed E-state index contributed by atoms with van der Waals surface area (Å²) in [6.07, 6.45) is 5.43. The fourth-order valence-corrected chi connectivity index (χ4v) is 2.28. The summed E-state index contributed by atoms with van der Waals surface area (Å²) in [5.41, 5.74) is 0. The summed E-state index contributed by atoms with van der Waals surface area (Å²) in [6.45, 7) is 4.85. The molecule has 0 aromatic rings. The molecule has 0 heterocycles. The topological polar surface area (TPSA) is 33.3 Å². The number of methoxy groups -OCH3 is 1. The second kappa shape index (κ2) is 7.85. The van der Waals surface area contributed by atoms with Crippen molar-refractivity contribution in [2.75, 3.05) is 26.8 Å². The zero-order valence-electron chi connectivity index (χ0n) is 10.4. The normalized spacial score (nSPS) is 25.1. The smallest absolute Gasteiger partial charge is 0.166 e. The van der Waals surface area contributed by atoms with E-state index in [0.717, 1.165) is 30.0 Å². The Morgan fingerprint density at radius 3 is 2.56 bits per heavy atom. The van der Waals surface area contributed by atoms with Crippen LogP contribution in [0.4, 0.5) is 0 Å². The first-order valence-corrected chi connectivity index (χ1v) is 6.63. The summed E-state index contributed by atoms with van der Waals surface area (Å²) in [5, 5.41) is 7.18. The van der Waals surface area contributed by atoms with Gasteiger partial charge in [-0.1, -0.05) is 19.8 Å². The Kier molecular flexibility index (Phi) is 6.73. The highest BCUT2D eigenvalue weighted by molar-refractivity contribution is 7.80. The lowest BCUT2D eigenvalue weighted by Crippen LogP contribution is -2.39. The Hall–Kier alpha value is -0.350. The van der Waals surface area contributed by atoms with Crippen LogP contribution in [-0.2, 0) is 4.74 Å². The van der Waals surface area contributed by atoms with Gasteiger partial charge in [-0.05, 0) is 36.9 Å². The average Bonchev–Trinajstić information content (AvgIpc) is 2.29. The standard InChI is InChI=1S/C12H24N2OS/c1-10-3-5-11(6-4-10)9-14-12(16)13-7-8-15-2/h10-11H,3-9H2,1-2H3,(H2,13,14,16). The molecule has 1 rings (SSSR count). The lowest BCUT2D eigenvalue weighted by Gasteiger charge is -2.26. The average molecular weight is 244 g/mol. The molecule has 16 heavy (non-hydrogen) atoms. The van der Waals surface area contributed by atoms with Gasteiger partial charge < -0.3 is 15.4 Å². The lowest BCUT2D eigenvalue weighted by atomic mass is 9.83. The van der Waals surface area contributed by atoms with Gasteiger partial charge in [0.25, 0.3) is 0 Å². The van der Waals surface area contributed by atoms with E-state index < -0.39 is 0 Å². The highest BCUT2D eigenvalue weighted by Crippen LogP contribution is 2.27. The summed E-state index contributed by atoms with van der Waals surface area (Å²) < 4.78 is 4.95. The Bertz CT molecular complexity index is 203. The van der Waals surface area contributed by atoms with Crippen LogP contribution in [0.25, 0.3) is 0 Å². The van der Waals surface area contributed by atoms with Crippen molar-refractivity contribution in [2.24, 2.45) is 11.8 Å². The summed E-state index contributed by atoms with van der Waals surface area (Å²) in [6, 6.07) is 0. The fourth-order valence-electron chi connectivity index (χ4n) is 2.10. The third-order valence-corrected chi connectivity index (χ3v) is 3.57. The van der Waals surface area contributed by atoms with Crippen LogP contribution in [0.15, 0.2) is 0 Å². The van der Waals surface area contributed by atoms with Crippen LogP contribution in [-0.4, -0.2) is 31.9 Å². The van der Waals surface area contributed by atoms with Crippen molar-refractivity contribution in [1.29, 1.82) is 0 Å². The Morgan fingerprint density at radius 2 is 1.94 bits per heavy atom. The zero-order chi connectivity index (χ0) is 11.8. The van der Waals surface area contributed by atoms with E-state index in [2.05, 4.69) is 17.6 Å². The van der Waals surface area contributed by atoms with Gasteiger partial charge in [0.05, 0.1) is 6.61 Å². The fraction of sp³-hybridized carbons (Fsp3) is 0.917. The van der Waals surface area contributed by atoms with Crippen LogP contribution in [0.1, 0.15) is 32.6 Å². The van der Waals surface area contributed by atoms with Gasteiger partial charge in [-0.15, -0.1) is 0 Å². The lowest BCUT2D eigenvalue weighted by molar-refractivity contribution is 0.203. The van der Waals surface area contributed by atoms with E-state index in [1.165, 1.54) is 25.7 Å². The first-order valence-electron chi connectivity index (χ1n) is 6.23. The van der Waals surface area contributed by atoms with Crippen LogP contribution >= 0.6 is 12.2 Å². The van der Waals surface area contributed by atoms with Gasteiger partial charge in [-0.2, -0.15) is 0 Å². The first kappa shape index (κ1) is 13.7. The molecule has 0 aliphatic heterocycles. The molecule has 0 spiro atoms. The third-order valence-electron chi connectivity index (χ3n) is 3.28. The van der Waals surface area contributed by atoms with Crippen molar-refractivity contribution in [3.8, 4) is 0 Å². The van der Waals surface area contributed by atoms with Gasteiger partial charge in [0.2, 0.25) is 0 Å². The predicted molar refractivity (Wildman–Crippen MR) is 71.6 cm³/mol. The largest absolute Gasteiger partial charge is 0.383 e. The summed E-state index contributed by atoms with van der Waals surface area (Å²) >= 11 is 5.18. The van der Waals surface area contributed by atoms with E-state index in [9.17, 15) is 0 Å². The van der Waals surface area contributed by atoms with Gasteiger partial charge in [-0.25, -0.2) is 0 Å². The van der Waals surface area contributed by atoms with E-state index in [1.54, 1.807) is 7.11 Å². The maximum Gasteiger partial charge on any atom is 0.166 e. The minimum Gasteiger partial charge on any atom is -0.383 e. The summed E-state index contributed by atoms with van der Waals surface area (Å²) in [7, 11) is 1.70. The molecule has 3 nitrogen and oxygen atoms in total. The second-order valence-electron chi connectivity index (χ2n) is 4.76. The van der Waals surface area contributed by atoms with E-state index >= 15 is 0 Å². The molecular weight excluding hydrogens is 220 g/mol. The number of hydrogen-bond acceptors (Lipinski definition) is 2. The van der Waals surface area contributed by atoms with Crippen LogP contribution in [0, 0.1) is 11.8 Å². The highest BCUT2D eigenvalue weighted by atomic mass is 32.1. The van der Waals surface area contributed by atoms with Gasteiger partial charge in [0, 0.05) is 20.2 Å². The van der Waals surface area contributed by atoms with E-state index in [-0.39, 0.29) is 0 Å². The van der Waals surface area contributed by atoms with Gasteiger partial charge in [0.15, 0.2) is 5.11 Å². The zero-order valence-corrected chi connectivity index (χ0v) is 11.2. The molecule has 4 heteroatoms. The molecular formula is C12H24N2OS. The quantitative estimate of drug-likeness (QED) is 0.572. The molecule has 0 saturated heterocycles.